The molecule has 3 N–H and O–H groups in total. The van der Waals surface area contributed by atoms with Crippen molar-refractivity contribution in [3.63, 3.8) is 0 Å². The molecular formula is C14H27NO2. The molecule has 0 radical (unpaired) electrons. The van der Waals surface area contributed by atoms with Gasteiger partial charge in [-0.2, -0.15) is 0 Å². The summed E-state index contributed by atoms with van der Waals surface area (Å²) in [6.07, 6.45) is 2.20. The first-order valence-corrected chi connectivity index (χ1v) is 6.73. The number of nitrogens with two attached hydrogens (primary N) is 1. The maximum Gasteiger partial charge on any atom is 0.303 e. The zero-order chi connectivity index (χ0) is 13.2. The largest absolute Gasteiger partial charge is 0.481 e. The van der Waals surface area contributed by atoms with Gasteiger partial charge in [0.2, 0.25) is 0 Å². The van der Waals surface area contributed by atoms with Crippen LogP contribution in [-0.2, 0) is 4.79 Å². The topological polar surface area (TPSA) is 63.3 Å². The molecule has 17 heavy (non-hydrogen) atoms. The Labute approximate surface area is 105 Å². The van der Waals surface area contributed by atoms with Gasteiger partial charge in [0.15, 0.2) is 0 Å². The van der Waals surface area contributed by atoms with E-state index in [-0.39, 0.29) is 11.8 Å². The molecule has 1 saturated carbocycles. The van der Waals surface area contributed by atoms with Gasteiger partial charge in [-0.3, -0.25) is 4.79 Å². The summed E-state index contributed by atoms with van der Waals surface area (Å²) in [5, 5.41) is 9.06. The third kappa shape index (κ3) is 3.21. The van der Waals surface area contributed by atoms with Crippen molar-refractivity contribution in [2.45, 2.75) is 47.0 Å². The van der Waals surface area contributed by atoms with Crippen molar-refractivity contribution < 1.29 is 9.90 Å². The van der Waals surface area contributed by atoms with Crippen LogP contribution < -0.4 is 5.73 Å². The summed E-state index contributed by atoms with van der Waals surface area (Å²) < 4.78 is 0. The molecule has 0 bridgehead atoms. The zero-order valence-corrected chi connectivity index (χ0v) is 11.6. The molecule has 0 aromatic heterocycles. The Morgan fingerprint density at radius 3 is 1.88 bits per heavy atom. The number of rotatable bonds is 5. The number of carboxylic acids is 1. The third-order valence-electron chi connectivity index (χ3n) is 4.56. The Balaban J connectivity index is 2.88. The van der Waals surface area contributed by atoms with Crippen molar-refractivity contribution in [1.29, 1.82) is 0 Å². The summed E-state index contributed by atoms with van der Waals surface area (Å²) in [7, 11) is 0. The van der Waals surface area contributed by atoms with Crippen LogP contribution in [0.1, 0.15) is 47.0 Å². The Morgan fingerprint density at radius 2 is 1.65 bits per heavy atom. The fourth-order valence-corrected chi connectivity index (χ4v) is 3.55. The van der Waals surface area contributed by atoms with E-state index >= 15 is 0 Å². The predicted octanol–water partition coefficient (Wildman–Crippen LogP) is 2.74. The molecule has 0 amide bonds. The Kier molecular flexibility index (Phi) is 4.59. The molecule has 1 aliphatic carbocycles. The summed E-state index contributed by atoms with van der Waals surface area (Å²) >= 11 is 0. The van der Waals surface area contributed by atoms with E-state index in [1.54, 1.807) is 0 Å². The third-order valence-corrected chi connectivity index (χ3v) is 4.56. The second-order valence-corrected chi connectivity index (χ2v) is 6.50. The summed E-state index contributed by atoms with van der Waals surface area (Å²) in [4.78, 5) is 11.0. The maximum atomic E-state index is 11.0. The van der Waals surface area contributed by atoms with Crippen molar-refractivity contribution in [3.05, 3.63) is 0 Å². The SMILES string of the molecule is CC(C)[C@H]1C[C@@](CN)(CC(=O)O)C[C@H]1C(C)C. The van der Waals surface area contributed by atoms with Crippen molar-refractivity contribution in [3.8, 4) is 0 Å². The van der Waals surface area contributed by atoms with Gasteiger partial charge < -0.3 is 10.8 Å². The minimum atomic E-state index is -0.706. The zero-order valence-electron chi connectivity index (χ0n) is 11.6. The fraction of sp³-hybridized carbons (Fsp3) is 0.929. The number of aliphatic carboxylic acids is 1. The predicted molar refractivity (Wildman–Crippen MR) is 69.6 cm³/mol. The molecule has 100 valence electrons. The van der Waals surface area contributed by atoms with Gasteiger partial charge in [-0.15, -0.1) is 0 Å². The summed E-state index contributed by atoms with van der Waals surface area (Å²) in [6, 6.07) is 0. The lowest BCUT2D eigenvalue weighted by atomic mass is 9.80. The van der Waals surface area contributed by atoms with Gasteiger partial charge in [0, 0.05) is 0 Å². The minimum absolute atomic E-state index is 0.157. The molecule has 3 heteroatoms. The maximum absolute atomic E-state index is 11.0. The molecule has 1 fully saturated rings. The van der Waals surface area contributed by atoms with Gasteiger partial charge in [0.25, 0.3) is 0 Å². The molecule has 0 unspecified atom stereocenters. The Bertz CT molecular complexity index is 257. The van der Waals surface area contributed by atoms with Crippen LogP contribution in [0.4, 0.5) is 0 Å². The van der Waals surface area contributed by atoms with Gasteiger partial charge in [-0.1, -0.05) is 27.7 Å². The van der Waals surface area contributed by atoms with E-state index in [0.717, 1.165) is 12.8 Å². The van der Waals surface area contributed by atoms with Gasteiger partial charge in [0.1, 0.15) is 0 Å². The number of hydrogen-bond acceptors (Lipinski definition) is 2. The summed E-state index contributed by atoms with van der Waals surface area (Å²) in [6.45, 7) is 9.48. The Hall–Kier alpha value is -0.570. The lowest BCUT2D eigenvalue weighted by molar-refractivity contribution is -0.139. The summed E-state index contributed by atoms with van der Waals surface area (Å²) in [5.41, 5.74) is 5.72. The fourth-order valence-electron chi connectivity index (χ4n) is 3.55. The summed E-state index contributed by atoms with van der Waals surface area (Å²) in [5.74, 6) is 1.77. The van der Waals surface area contributed by atoms with E-state index in [1.807, 2.05) is 0 Å². The van der Waals surface area contributed by atoms with Crippen LogP contribution in [0.5, 0.6) is 0 Å². The first kappa shape index (κ1) is 14.5. The lowest BCUT2D eigenvalue weighted by Gasteiger charge is -2.26. The van der Waals surface area contributed by atoms with E-state index < -0.39 is 5.97 Å². The highest BCUT2D eigenvalue weighted by atomic mass is 16.4. The van der Waals surface area contributed by atoms with E-state index in [4.69, 9.17) is 10.8 Å². The molecule has 0 heterocycles. The average Bonchev–Trinajstić information content (AvgIpc) is 2.57. The van der Waals surface area contributed by atoms with Gasteiger partial charge in [0.05, 0.1) is 6.42 Å². The van der Waals surface area contributed by atoms with Crippen LogP contribution in [0, 0.1) is 29.1 Å². The van der Waals surface area contributed by atoms with Crippen LogP contribution in [0.3, 0.4) is 0 Å². The van der Waals surface area contributed by atoms with Crippen molar-refractivity contribution in [1.82, 2.24) is 0 Å². The van der Waals surface area contributed by atoms with Crippen molar-refractivity contribution in [2.75, 3.05) is 6.54 Å². The highest BCUT2D eigenvalue weighted by Gasteiger charge is 2.47. The molecule has 1 rings (SSSR count). The van der Waals surface area contributed by atoms with Crippen LogP contribution in [-0.4, -0.2) is 17.6 Å². The lowest BCUT2D eigenvalue weighted by Crippen LogP contribution is -2.31. The molecule has 0 spiro atoms. The average molecular weight is 241 g/mol. The molecule has 3 nitrogen and oxygen atoms in total. The van der Waals surface area contributed by atoms with Crippen LogP contribution in [0.25, 0.3) is 0 Å². The number of carboxylic acid groups (broad SMARTS) is 1. The monoisotopic (exact) mass is 241 g/mol. The van der Waals surface area contributed by atoms with E-state index in [0.29, 0.717) is 30.2 Å². The first-order valence-electron chi connectivity index (χ1n) is 6.73. The molecule has 0 aliphatic heterocycles. The smallest absolute Gasteiger partial charge is 0.303 e. The van der Waals surface area contributed by atoms with Crippen LogP contribution in [0.2, 0.25) is 0 Å². The molecule has 0 saturated heterocycles. The van der Waals surface area contributed by atoms with E-state index in [2.05, 4.69) is 27.7 Å². The van der Waals surface area contributed by atoms with Crippen LogP contribution in [0.15, 0.2) is 0 Å². The Morgan fingerprint density at radius 1 is 1.24 bits per heavy atom. The quantitative estimate of drug-likeness (QED) is 0.778. The van der Waals surface area contributed by atoms with E-state index in [9.17, 15) is 4.79 Å². The highest BCUT2D eigenvalue weighted by Crippen LogP contribution is 2.52. The number of carbonyl (C=O) groups is 1. The van der Waals surface area contributed by atoms with Gasteiger partial charge in [-0.05, 0) is 48.5 Å². The molecule has 0 aromatic rings. The van der Waals surface area contributed by atoms with Crippen molar-refractivity contribution in [2.24, 2.45) is 34.8 Å². The normalized spacial score (nSPS) is 33.6. The number of hydrogen-bond donors (Lipinski definition) is 2. The minimum Gasteiger partial charge on any atom is -0.481 e. The second-order valence-electron chi connectivity index (χ2n) is 6.50. The van der Waals surface area contributed by atoms with E-state index in [1.165, 1.54) is 0 Å². The standard InChI is InChI=1S/C14H27NO2/c1-9(2)11-5-14(8-15,7-13(16)17)6-12(11)10(3)4/h9-12H,5-8,15H2,1-4H3,(H,16,17)/t11-,12+,14+. The van der Waals surface area contributed by atoms with Gasteiger partial charge in [-0.25, -0.2) is 0 Å². The van der Waals surface area contributed by atoms with Crippen LogP contribution >= 0.6 is 0 Å². The van der Waals surface area contributed by atoms with Gasteiger partial charge >= 0.3 is 5.97 Å². The van der Waals surface area contributed by atoms with Crippen molar-refractivity contribution >= 4 is 5.97 Å². The molecule has 3 atom stereocenters. The first-order chi connectivity index (χ1) is 7.81. The second kappa shape index (κ2) is 5.38. The molecule has 1 aliphatic rings. The highest BCUT2D eigenvalue weighted by molar-refractivity contribution is 5.67. The molecular weight excluding hydrogens is 214 g/mol. The molecule has 0 aromatic carbocycles.